The van der Waals surface area contributed by atoms with Crippen LogP contribution in [0, 0.1) is 11.3 Å². The Balaban J connectivity index is 1.41. The molecule has 0 aliphatic heterocycles. The molecule has 0 amide bonds. The van der Waals surface area contributed by atoms with Crippen LogP contribution in [0.5, 0.6) is 0 Å². The van der Waals surface area contributed by atoms with Crippen molar-refractivity contribution in [2.45, 2.75) is 12.3 Å². The highest BCUT2D eigenvalue weighted by atomic mass is 15.2. The molecule has 2 aromatic carbocycles. The van der Waals surface area contributed by atoms with Gasteiger partial charge in [0.25, 0.3) is 0 Å². The smallest absolute Gasteiger partial charge is 0.155 e. The lowest BCUT2D eigenvalue weighted by Gasteiger charge is -2.12. The molecule has 4 rings (SSSR count). The molecule has 132 valence electrons. The predicted molar refractivity (Wildman–Crippen MR) is 106 cm³/mol. The molecule has 0 radical (unpaired) electrons. The van der Waals surface area contributed by atoms with Gasteiger partial charge in [0.2, 0.25) is 0 Å². The summed E-state index contributed by atoms with van der Waals surface area (Å²) in [5.74, 6) is -0.245. The third-order valence-electron chi connectivity index (χ3n) is 4.58. The molecule has 2 aromatic heterocycles. The van der Waals surface area contributed by atoms with Crippen LogP contribution < -0.4 is 5.32 Å². The summed E-state index contributed by atoms with van der Waals surface area (Å²) in [4.78, 5) is 4.28. The van der Waals surface area contributed by atoms with Crippen LogP contribution >= 0.6 is 0 Å². The molecular weight excluding hydrogens is 334 g/mol. The first-order valence-corrected chi connectivity index (χ1v) is 8.91. The van der Waals surface area contributed by atoms with Crippen LogP contribution in [0.3, 0.4) is 0 Å². The van der Waals surface area contributed by atoms with Crippen molar-refractivity contribution in [1.82, 2.24) is 14.6 Å². The van der Waals surface area contributed by atoms with E-state index in [1.165, 1.54) is 0 Å². The van der Waals surface area contributed by atoms with Crippen molar-refractivity contribution < 1.29 is 0 Å². The molecule has 1 atom stereocenters. The first-order chi connectivity index (χ1) is 13.3. The van der Waals surface area contributed by atoms with Crippen LogP contribution in [-0.4, -0.2) is 21.1 Å². The average Bonchev–Trinajstić information content (AvgIpc) is 3.20. The Hall–Kier alpha value is -3.65. The van der Waals surface area contributed by atoms with Gasteiger partial charge in [-0.2, -0.15) is 10.4 Å². The second-order valence-electron chi connectivity index (χ2n) is 6.31. The van der Waals surface area contributed by atoms with Gasteiger partial charge in [-0.05, 0) is 29.3 Å². The monoisotopic (exact) mass is 353 g/mol. The van der Waals surface area contributed by atoms with Crippen molar-refractivity contribution in [3.63, 3.8) is 0 Å². The van der Waals surface area contributed by atoms with E-state index in [9.17, 15) is 5.26 Å². The van der Waals surface area contributed by atoms with Gasteiger partial charge in [-0.25, -0.2) is 9.50 Å². The molecule has 0 aliphatic carbocycles. The molecule has 5 heteroatoms. The Morgan fingerprint density at radius 1 is 0.926 bits per heavy atom. The molecule has 0 fully saturated rings. The van der Waals surface area contributed by atoms with Crippen molar-refractivity contribution in [2.24, 2.45) is 0 Å². The maximum absolute atomic E-state index is 9.56. The summed E-state index contributed by atoms with van der Waals surface area (Å²) in [6.07, 6.45) is 4.41. The van der Waals surface area contributed by atoms with Crippen LogP contribution in [0.1, 0.15) is 22.7 Å². The number of anilines is 1. The standard InChI is InChI=1S/C22H19N5/c23-16-21(17-4-2-1-3-5-17)18-6-8-19(9-7-18)24-13-10-20-11-14-25-22-12-15-26-27(20)22/h1-9,11-12,14-15,21,24H,10,13H2. The highest BCUT2D eigenvalue weighted by Gasteiger charge is 2.12. The van der Waals surface area contributed by atoms with Gasteiger partial charge in [0.1, 0.15) is 0 Å². The number of fused-ring (bicyclic) bond motifs is 1. The number of rotatable bonds is 6. The third kappa shape index (κ3) is 3.65. The molecule has 4 aromatic rings. The third-order valence-corrected chi connectivity index (χ3v) is 4.58. The minimum atomic E-state index is -0.245. The molecule has 0 bridgehead atoms. The number of hydrogen-bond donors (Lipinski definition) is 1. The van der Waals surface area contributed by atoms with E-state index in [2.05, 4.69) is 21.5 Å². The highest BCUT2D eigenvalue weighted by Crippen LogP contribution is 2.25. The largest absolute Gasteiger partial charge is 0.385 e. The summed E-state index contributed by atoms with van der Waals surface area (Å²) >= 11 is 0. The van der Waals surface area contributed by atoms with E-state index in [1.54, 1.807) is 6.20 Å². The Labute approximate surface area is 157 Å². The van der Waals surface area contributed by atoms with Crippen LogP contribution in [0.25, 0.3) is 5.65 Å². The Kier molecular flexibility index (Phi) is 4.80. The lowest BCUT2D eigenvalue weighted by atomic mass is 9.92. The zero-order valence-electron chi connectivity index (χ0n) is 14.8. The van der Waals surface area contributed by atoms with E-state index < -0.39 is 0 Å². The van der Waals surface area contributed by atoms with E-state index in [0.29, 0.717) is 0 Å². The molecular formula is C22H19N5. The van der Waals surface area contributed by atoms with Crippen LogP contribution in [0.2, 0.25) is 0 Å². The van der Waals surface area contributed by atoms with E-state index in [1.807, 2.05) is 77.4 Å². The summed E-state index contributed by atoms with van der Waals surface area (Å²) in [6, 6.07) is 24.2. The minimum Gasteiger partial charge on any atom is -0.385 e. The molecule has 27 heavy (non-hydrogen) atoms. The molecule has 1 N–H and O–H groups in total. The minimum absolute atomic E-state index is 0.245. The van der Waals surface area contributed by atoms with Gasteiger partial charge in [0, 0.05) is 36.6 Å². The molecule has 0 saturated carbocycles. The number of hydrogen-bond acceptors (Lipinski definition) is 4. The maximum Gasteiger partial charge on any atom is 0.155 e. The fourth-order valence-corrected chi connectivity index (χ4v) is 3.19. The van der Waals surface area contributed by atoms with E-state index in [-0.39, 0.29) is 5.92 Å². The average molecular weight is 353 g/mol. The SMILES string of the molecule is N#CC(c1ccccc1)c1ccc(NCCc2ccnc3ccnn23)cc1. The fraction of sp³-hybridized carbons (Fsp3) is 0.136. The quantitative estimate of drug-likeness (QED) is 0.568. The predicted octanol–water partition coefficient (Wildman–Crippen LogP) is 4.04. The molecule has 0 spiro atoms. The van der Waals surface area contributed by atoms with E-state index in [0.717, 1.165) is 41.1 Å². The van der Waals surface area contributed by atoms with Gasteiger partial charge < -0.3 is 5.32 Å². The van der Waals surface area contributed by atoms with Crippen molar-refractivity contribution in [1.29, 1.82) is 5.26 Å². The highest BCUT2D eigenvalue weighted by molar-refractivity contribution is 5.48. The molecule has 5 nitrogen and oxygen atoms in total. The Morgan fingerprint density at radius 2 is 1.70 bits per heavy atom. The summed E-state index contributed by atoms with van der Waals surface area (Å²) in [7, 11) is 0. The first kappa shape index (κ1) is 16.8. The number of aromatic nitrogens is 3. The van der Waals surface area contributed by atoms with Gasteiger partial charge >= 0.3 is 0 Å². The normalized spacial score (nSPS) is 11.8. The van der Waals surface area contributed by atoms with Crippen molar-refractivity contribution in [2.75, 3.05) is 11.9 Å². The van der Waals surface area contributed by atoms with Crippen molar-refractivity contribution >= 4 is 11.3 Å². The fourth-order valence-electron chi connectivity index (χ4n) is 3.19. The summed E-state index contributed by atoms with van der Waals surface area (Å²) in [5.41, 5.74) is 5.03. The van der Waals surface area contributed by atoms with Gasteiger partial charge in [-0.1, -0.05) is 42.5 Å². The zero-order valence-corrected chi connectivity index (χ0v) is 14.8. The maximum atomic E-state index is 9.56. The number of benzene rings is 2. The lowest BCUT2D eigenvalue weighted by Crippen LogP contribution is -2.09. The van der Waals surface area contributed by atoms with Gasteiger partial charge in [-0.15, -0.1) is 0 Å². The van der Waals surface area contributed by atoms with E-state index >= 15 is 0 Å². The Morgan fingerprint density at radius 3 is 2.48 bits per heavy atom. The topological polar surface area (TPSA) is 66.0 Å². The van der Waals surface area contributed by atoms with Crippen LogP contribution in [-0.2, 0) is 6.42 Å². The van der Waals surface area contributed by atoms with Crippen molar-refractivity contribution in [3.05, 3.63) is 95.9 Å². The number of nitriles is 1. The molecule has 0 aliphatic rings. The Bertz CT molecular complexity index is 1060. The summed E-state index contributed by atoms with van der Waals surface area (Å²) in [6.45, 7) is 0.790. The summed E-state index contributed by atoms with van der Waals surface area (Å²) < 4.78 is 1.86. The number of nitrogens with one attached hydrogen (secondary N) is 1. The van der Waals surface area contributed by atoms with Crippen LogP contribution in [0.15, 0.2) is 79.1 Å². The second-order valence-corrected chi connectivity index (χ2v) is 6.31. The van der Waals surface area contributed by atoms with E-state index in [4.69, 9.17) is 0 Å². The first-order valence-electron chi connectivity index (χ1n) is 8.91. The second kappa shape index (κ2) is 7.71. The van der Waals surface area contributed by atoms with Gasteiger partial charge in [0.05, 0.1) is 18.2 Å². The summed E-state index contributed by atoms with van der Waals surface area (Å²) in [5, 5.41) is 17.3. The zero-order chi connectivity index (χ0) is 18.5. The van der Waals surface area contributed by atoms with Gasteiger partial charge in [0.15, 0.2) is 5.65 Å². The molecule has 2 heterocycles. The number of nitrogens with zero attached hydrogens (tertiary/aromatic N) is 4. The molecule has 1 unspecified atom stereocenters. The van der Waals surface area contributed by atoms with Crippen LogP contribution in [0.4, 0.5) is 5.69 Å². The van der Waals surface area contributed by atoms with Gasteiger partial charge in [-0.3, -0.25) is 0 Å². The lowest BCUT2D eigenvalue weighted by molar-refractivity contribution is 0.830. The van der Waals surface area contributed by atoms with Crippen molar-refractivity contribution in [3.8, 4) is 6.07 Å². The molecule has 0 saturated heterocycles.